The molecule has 0 radical (unpaired) electrons. The zero-order valence-corrected chi connectivity index (χ0v) is 28.9. The van der Waals surface area contributed by atoms with E-state index < -0.39 is 96.5 Å². The predicted octanol–water partition coefficient (Wildman–Crippen LogP) is 0.0259. The summed E-state index contributed by atoms with van der Waals surface area (Å²) >= 11 is 0. The van der Waals surface area contributed by atoms with Crippen LogP contribution in [0.4, 0.5) is 0 Å². The predicted molar refractivity (Wildman–Crippen MR) is 184 cm³/mol. The monoisotopic (exact) mass is 720 g/mol. The number of rotatable bonds is 9. The van der Waals surface area contributed by atoms with Crippen LogP contribution in [0.2, 0.25) is 0 Å². The van der Waals surface area contributed by atoms with Gasteiger partial charge in [-0.25, -0.2) is 0 Å². The summed E-state index contributed by atoms with van der Waals surface area (Å²) in [6.07, 6.45) is -1.12. The minimum Gasteiger partial charge on any atom is -0.481 e. The molecule has 4 rings (SSSR count). The van der Waals surface area contributed by atoms with Gasteiger partial charge in [-0.2, -0.15) is 0 Å². The quantitative estimate of drug-likeness (QED) is 0.183. The van der Waals surface area contributed by atoms with Crippen LogP contribution >= 0.6 is 0 Å². The Labute approximate surface area is 300 Å². The van der Waals surface area contributed by atoms with Gasteiger partial charge in [0.15, 0.2) is 0 Å². The van der Waals surface area contributed by atoms with Crippen LogP contribution in [0.25, 0.3) is 0 Å². The van der Waals surface area contributed by atoms with Gasteiger partial charge in [0.05, 0.1) is 12.8 Å². The second kappa shape index (κ2) is 17.9. The van der Waals surface area contributed by atoms with Gasteiger partial charge < -0.3 is 41.7 Å². The number of nitrogens with zero attached hydrogens (tertiary/aromatic N) is 1. The Morgan fingerprint density at radius 1 is 0.673 bits per heavy atom. The Hall–Kier alpha value is -5.80. The molecule has 2 heterocycles. The zero-order valence-electron chi connectivity index (χ0n) is 28.9. The first-order valence-corrected chi connectivity index (χ1v) is 17.1. The molecule has 6 atom stereocenters. The second-order valence-electron chi connectivity index (χ2n) is 13.3. The number of carboxylic acid groups (broad SMARTS) is 2. The van der Waals surface area contributed by atoms with Crippen molar-refractivity contribution in [1.29, 1.82) is 0 Å². The van der Waals surface area contributed by atoms with E-state index in [1.807, 2.05) is 0 Å². The lowest BCUT2D eigenvalue weighted by Crippen LogP contribution is -2.61. The van der Waals surface area contributed by atoms with Gasteiger partial charge in [0, 0.05) is 13.0 Å². The van der Waals surface area contributed by atoms with E-state index in [1.165, 1.54) is 12.1 Å². The molecule has 0 spiro atoms. The molecular formula is C36H44N6O10. The van der Waals surface area contributed by atoms with Crippen molar-refractivity contribution in [1.82, 2.24) is 31.5 Å². The van der Waals surface area contributed by atoms with Crippen LogP contribution in [-0.4, -0.2) is 99.2 Å². The number of aliphatic carboxylic acids is 2. The Balaban J connectivity index is 1.80. The van der Waals surface area contributed by atoms with Crippen molar-refractivity contribution in [3.63, 3.8) is 0 Å². The summed E-state index contributed by atoms with van der Waals surface area (Å²) < 4.78 is 0. The van der Waals surface area contributed by atoms with Gasteiger partial charge in [0.25, 0.3) is 0 Å². The van der Waals surface area contributed by atoms with E-state index in [0.717, 1.165) is 4.90 Å². The smallest absolute Gasteiger partial charge is 0.305 e. The highest BCUT2D eigenvalue weighted by Crippen LogP contribution is 2.21. The molecule has 0 unspecified atom stereocenters. The van der Waals surface area contributed by atoms with Crippen molar-refractivity contribution in [2.75, 3.05) is 6.54 Å². The minimum atomic E-state index is -1.73. The topological polar surface area (TPSA) is 240 Å². The van der Waals surface area contributed by atoms with Crippen LogP contribution in [0, 0.1) is 5.92 Å². The van der Waals surface area contributed by atoms with Crippen molar-refractivity contribution in [2.24, 2.45) is 5.92 Å². The molecule has 16 heteroatoms. The number of carbonyl (C=O) groups is 8. The Morgan fingerprint density at radius 3 is 1.81 bits per heavy atom. The summed E-state index contributed by atoms with van der Waals surface area (Å²) in [5, 5.41) is 32.0. The molecule has 2 aliphatic rings. The fourth-order valence-corrected chi connectivity index (χ4v) is 6.28. The summed E-state index contributed by atoms with van der Waals surface area (Å²) in [4.78, 5) is 108. The highest BCUT2D eigenvalue weighted by atomic mass is 16.4. The van der Waals surface area contributed by atoms with Gasteiger partial charge in [-0.05, 0) is 36.3 Å². The van der Waals surface area contributed by atoms with Crippen LogP contribution in [0.5, 0.6) is 0 Å². The minimum absolute atomic E-state index is 0.00227. The summed E-state index contributed by atoms with van der Waals surface area (Å²) in [6, 6.07) is 7.90. The third-order valence-corrected chi connectivity index (χ3v) is 8.78. The molecule has 2 saturated heterocycles. The summed E-state index contributed by atoms with van der Waals surface area (Å²) in [5.41, 5.74) is 0.877. The number of amides is 6. The van der Waals surface area contributed by atoms with Gasteiger partial charge >= 0.3 is 11.9 Å². The molecule has 2 fully saturated rings. The van der Waals surface area contributed by atoms with E-state index in [-0.39, 0.29) is 37.3 Å². The maximum absolute atomic E-state index is 13.9. The Bertz CT molecular complexity index is 1650. The van der Waals surface area contributed by atoms with Crippen molar-refractivity contribution in [3.05, 3.63) is 71.8 Å². The number of fused-ring (bicyclic) bond motifs is 1. The average molecular weight is 721 g/mol. The van der Waals surface area contributed by atoms with Gasteiger partial charge in [0.2, 0.25) is 35.4 Å². The maximum Gasteiger partial charge on any atom is 0.305 e. The summed E-state index contributed by atoms with van der Waals surface area (Å²) in [7, 11) is 0. The van der Waals surface area contributed by atoms with E-state index in [0.29, 0.717) is 12.0 Å². The van der Waals surface area contributed by atoms with E-state index >= 15 is 0 Å². The first kappa shape index (κ1) is 39.0. The molecule has 0 aromatic heterocycles. The van der Waals surface area contributed by atoms with Crippen LogP contribution in [0.15, 0.2) is 60.7 Å². The third-order valence-electron chi connectivity index (χ3n) is 8.78. The number of hydrogen-bond donors (Lipinski definition) is 7. The molecule has 278 valence electrons. The van der Waals surface area contributed by atoms with Gasteiger partial charge in [-0.3, -0.25) is 38.4 Å². The molecule has 0 saturated carbocycles. The molecular weight excluding hydrogens is 676 g/mol. The SMILES string of the molecule is CC(C)C[C@@H]1NC(=O)[C@H](Cc2ccccc2)NC(=O)[C@@H]2CCCN2C(=O)[C@H](CC(=O)O)NC(=O)[C@H](c2ccccc2)NC(=O)[C@H](CC(=O)O)NC1=O. The Morgan fingerprint density at radius 2 is 1.19 bits per heavy atom. The lowest BCUT2D eigenvalue weighted by Gasteiger charge is -2.31. The molecule has 0 aliphatic carbocycles. The van der Waals surface area contributed by atoms with Gasteiger partial charge in [0.1, 0.15) is 36.3 Å². The lowest BCUT2D eigenvalue weighted by molar-refractivity contribution is -0.146. The third kappa shape index (κ3) is 10.6. The van der Waals surface area contributed by atoms with E-state index in [4.69, 9.17) is 0 Å². The van der Waals surface area contributed by atoms with Gasteiger partial charge in [-0.1, -0.05) is 74.5 Å². The maximum atomic E-state index is 13.9. The number of hydrogen-bond acceptors (Lipinski definition) is 8. The van der Waals surface area contributed by atoms with Crippen molar-refractivity contribution >= 4 is 47.4 Å². The van der Waals surface area contributed by atoms with Crippen LogP contribution in [-0.2, 0) is 44.8 Å². The normalized spacial score (nSPS) is 25.1. The van der Waals surface area contributed by atoms with E-state index in [2.05, 4.69) is 26.6 Å². The lowest BCUT2D eigenvalue weighted by atomic mass is 10.00. The second-order valence-corrected chi connectivity index (χ2v) is 13.3. The molecule has 16 nitrogen and oxygen atoms in total. The van der Waals surface area contributed by atoms with Gasteiger partial charge in [-0.15, -0.1) is 0 Å². The summed E-state index contributed by atoms with van der Waals surface area (Å²) in [6.45, 7) is 3.65. The van der Waals surface area contributed by atoms with E-state index in [1.54, 1.807) is 62.4 Å². The molecule has 2 aromatic carbocycles. The average Bonchev–Trinajstić information content (AvgIpc) is 3.59. The Kier molecular flexibility index (Phi) is 13.4. The zero-order chi connectivity index (χ0) is 37.9. The highest BCUT2D eigenvalue weighted by molar-refractivity contribution is 6.00. The van der Waals surface area contributed by atoms with Crippen molar-refractivity contribution < 1.29 is 48.6 Å². The standard InChI is InChI=1S/C36H44N6O10/c1-20(2)16-23-31(47)38-25(18-28(43)44)33(49)41-30(22-12-7-4-8-13-22)35(51)40-26(19-29(45)46)36(52)42-15-9-14-27(42)34(50)39-24(32(48)37-23)17-21-10-5-3-6-11-21/h3-8,10-13,20,23-27,30H,9,14-19H2,1-2H3,(H,37,48)(H,38,47)(H,39,50)(H,40,51)(H,41,49)(H,43,44)(H,45,46)/t23-,24-,25-,26-,27-,30-/m0/s1. The fourth-order valence-electron chi connectivity index (χ4n) is 6.28. The molecule has 2 aliphatic heterocycles. The number of nitrogens with one attached hydrogen (secondary N) is 5. The number of benzene rings is 2. The van der Waals surface area contributed by atoms with Crippen LogP contribution in [0.1, 0.15) is 63.1 Å². The largest absolute Gasteiger partial charge is 0.481 e. The summed E-state index contributed by atoms with van der Waals surface area (Å²) in [5.74, 6) is -8.26. The van der Waals surface area contributed by atoms with Crippen molar-refractivity contribution in [3.8, 4) is 0 Å². The molecule has 6 amide bonds. The number of carbonyl (C=O) groups excluding carboxylic acids is 6. The fraction of sp³-hybridized carbons (Fsp3) is 0.444. The van der Waals surface area contributed by atoms with Crippen LogP contribution < -0.4 is 26.6 Å². The van der Waals surface area contributed by atoms with E-state index in [9.17, 15) is 48.6 Å². The first-order valence-electron chi connectivity index (χ1n) is 17.1. The van der Waals surface area contributed by atoms with Crippen LogP contribution in [0.3, 0.4) is 0 Å². The van der Waals surface area contributed by atoms with Crippen molar-refractivity contribution in [2.45, 2.75) is 88.6 Å². The molecule has 7 N–H and O–H groups in total. The number of carboxylic acids is 2. The molecule has 2 aromatic rings. The molecule has 0 bridgehead atoms. The first-order chi connectivity index (χ1) is 24.7. The highest BCUT2D eigenvalue weighted by Gasteiger charge is 2.41. The molecule has 52 heavy (non-hydrogen) atoms.